The molecule has 1 saturated heterocycles. The summed E-state index contributed by atoms with van der Waals surface area (Å²) in [7, 11) is 2.23. The topological polar surface area (TPSA) is 22.1 Å². The molecule has 0 radical (unpaired) electrons. The van der Waals surface area contributed by atoms with Crippen molar-refractivity contribution in [2.45, 2.75) is 39.7 Å². The van der Waals surface area contributed by atoms with Gasteiger partial charge in [-0.05, 0) is 44.5 Å². The SMILES string of the molecule is C=C1c2cc(Cl)ccc2N=C([C@@H](CCC)N2CCN(C)C[C@@H](C)C2)N1CC. The summed E-state index contributed by atoms with van der Waals surface area (Å²) in [4.78, 5) is 12.5. The van der Waals surface area contributed by atoms with Gasteiger partial charge in [0.05, 0.1) is 11.7 Å². The lowest BCUT2D eigenvalue weighted by molar-refractivity contribution is 0.215. The van der Waals surface area contributed by atoms with Crippen LogP contribution in [0.5, 0.6) is 0 Å². The monoisotopic (exact) mass is 388 g/mol. The van der Waals surface area contributed by atoms with E-state index >= 15 is 0 Å². The maximum atomic E-state index is 6.23. The molecule has 0 aromatic heterocycles. The van der Waals surface area contributed by atoms with E-state index in [9.17, 15) is 0 Å². The molecule has 0 unspecified atom stereocenters. The van der Waals surface area contributed by atoms with Crippen molar-refractivity contribution in [1.82, 2.24) is 14.7 Å². The Morgan fingerprint density at radius 1 is 1.26 bits per heavy atom. The molecule has 0 amide bonds. The van der Waals surface area contributed by atoms with Gasteiger partial charge in [0, 0.05) is 49.0 Å². The first-order valence-corrected chi connectivity index (χ1v) is 10.6. The first kappa shape index (κ1) is 20.4. The van der Waals surface area contributed by atoms with Crippen LogP contribution in [0.25, 0.3) is 5.70 Å². The summed E-state index contributed by atoms with van der Waals surface area (Å²) in [6, 6.07) is 6.26. The first-order chi connectivity index (χ1) is 12.9. The number of likely N-dealkylation sites (N-methyl/N-ethyl adjacent to an activating group) is 2. The zero-order valence-electron chi connectivity index (χ0n) is 17.2. The molecular formula is C22H33ClN4. The molecule has 3 rings (SSSR count). The molecule has 0 bridgehead atoms. The zero-order chi connectivity index (χ0) is 19.6. The average molecular weight is 389 g/mol. The molecule has 0 aliphatic carbocycles. The van der Waals surface area contributed by atoms with Gasteiger partial charge < -0.3 is 9.80 Å². The Hall–Kier alpha value is -1.36. The Morgan fingerprint density at radius 3 is 2.74 bits per heavy atom. The van der Waals surface area contributed by atoms with Crippen LogP contribution >= 0.6 is 11.6 Å². The number of aliphatic imine (C=N–C) groups is 1. The predicted molar refractivity (Wildman–Crippen MR) is 117 cm³/mol. The van der Waals surface area contributed by atoms with E-state index in [4.69, 9.17) is 16.6 Å². The standard InChI is InChI=1S/C22H33ClN4/c1-6-8-21(26-12-11-25(5)14-16(3)15-26)22-24-20-10-9-18(23)13-19(20)17(4)27(22)7-2/h9-10,13,16,21H,4,6-8,11-12,14-15H2,1-3,5H3/t16-,21-/m1/s1. The maximum absolute atomic E-state index is 6.23. The zero-order valence-corrected chi connectivity index (χ0v) is 18.0. The van der Waals surface area contributed by atoms with E-state index in [-0.39, 0.29) is 0 Å². The average Bonchev–Trinajstić information content (AvgIpc) is 2.80. The van der Waals surface area contributed by atoms with Crippen molar-refractivity contribution in [1.29, 1.82) is 0 Å². The molecule has 0 N–H and O–H groups in total. The Kier molecular flexibility index (Phi) is 6.61. The summed E-state index contributed by atoms with van der Waals surface area (Å²) < 4.78 is 0. The third kappa shape index (κ3) is 4.39. The molecule has 0 spiro atoms. The molecule has 148 valence electrons. The van der Waals surface area contributed by atoms with Crippen molar-refractivity contribution in [3.05, 3.63) is 35.4 Å². The smallest absolute Gasteiger partial charge is 0.127 e. The van der Waals surface area contributed by atoms with Gasteiger partial charge >= 0.3 is 0 Å². The van der Waals surface area contributed by atoms with Gasteiger partial charge in [-0.25, -0.2) is 4.99 Å². The van der Waals surface area contributed by atoms with E-state index in [0.29, 0.717) is 12.0 Å². The van der Waals surface area contributed by atoms with Crippen LogP contribution in [-0.2, 0) is 0 Å². The van der Waals surface area contributed by atoms with Crippen molar-refractivity contribution >= 4 is 28.8 Å². The number of rotatable bonds is 5. The lowest BCUT2D eigenvalue weighted by Crippen LogP contribution is -2.50. The molecule has 0 saturated carbocycles. The van der Waals surface area contributed by atoms with Crippen LogP contribution in [0.15, 0.2) is 29.8 Å². The van der Waals surface area contributed by atoms with E-state index in [2.05, 4.69) is 49.1 Å². The van der Waals surface area contributed by atoms with Gasteiger partial charge in [-0.3, -0.25) is 4.90 Å². The summed E-state index contributed by atoms with van der Waals surface area (Å²) in [5.41, 5.74) is 3.05. The highest BCUT2D eigenvalue weighted by Crippen LogP contribution is 2.36. The van der Waals surface area contributed by atoms with E-state index in [1.807, 2.05) is 18.2 Å². The number of halogens is 1. The summed E-state index contributed by atoms with van der Waals surface area (Å²) in [6.45, 7) is 16.5. The number of hydrogen-bond acceptors (Lipinski definition) is 4. The maximum Gasteiger partial charge on any atom is 0.127 e. The molecule has 5 heteroatoms. The van der Waals surface area contributed by atoms with Gasteiger partial charge in [-0.1, -0.05) is 38.4 Å². The van der Waals surface area contributed by atoms with E-state index in [1.54, 1.807) is 0 Å². The molecule has 1 fully saturated rings. The Balaban J connectivity index is 2.00. The van der Waals surface area contributed by atoms with E-state index < -0.39 is 0 Å². The lowest BCUT2D eigenvalue weighted by Gasteiger charge is -2.40. The Morgan fingerprint density at radius 2 is 2.04 bits per heavy atom. The summed E-state index contributed by atoms with van der Waals surface area (Å²) in [5.74, 6) is 1.81. The van der Waals surface area contributed by atoms with Gasteiger partial charge in [-0.15, -0.1) is 0 Å². The van der Waals surface area contributed by atoms with Crippen molar-refractivity contribution in [3.63, 3.8) is 0 Å². The molecule has 4 nitrogen and oxygen atoms in total. The van der Waals surface area contributed by atoms with E-state index in [1.165, 1.54) is 0 Å². The molecule has 1 aromatic carbocycles. The second-order valence-electron chi connectivity index (χ2n) is 7.99. The first-order valence-electron chi connectivity index (χ1n) is 10.2. The normalized spacial score (nSPS) is 23.0. The van der Waals surface area contributed by atoms with Crippen LogP contribution in [0.1, 0.15) is 39.2 Å². The molecule has 27 heavy (non-hydrogen) atoms. The van der Waals surface area contributed by atoms with Crippen LogP contribution in [-0.4, -0.2) is 66.3 Å². The van der Waals surface area contributed by atoms with Crippen molar-refractivity contribution in [2.24, 2.45) is 10.9 Å². The molecule has 1 aromatic rings. The van der Waals surface area contributed by atoms with Crippen molar-refractivity contribution in [3.8, 4) is 0 Å². The van der Waals surface area contributed by atoms with Gasteiger partial charge in [0.25, 0.3) is 0 Å². The van der Waals surface area contributed by atoms with Crippen LogP contribution in [0.4, 0.5) is 5.69 Å². The third-order valence-electron chi connectivity index (χ3n) is 5.66. The minimum absolute atomic E-state index is 0.324. The Bertz CT molecular complexity index is 714. The van der Waals surface area contributed by atoms with Gasteiger partial charge in [0.1, 0.15) is 5.84 Å². The minimum Gasteiger partial charge on any atom is -0.329 e. The number of fused-ring (bicyclic) bond motifs is 1. The van der Waals surface area contributed by atoms with Gasteiger partial charge in [-0.2, -0.15) is 0 Å². The summed E-state index contributed by atoms with van der Waals surface area (Å²) >= 11 is 6.23. The molecular weight excluding hydrogens is 356 g/mol. The Labute approximate surface area is 169 Å². The number of hydrogen-bond donors (Lipinski definition) is 0. The molecule has 2 heterocycles. The van der Waals surface area contributed by atoms with Crippen LogP contribution in [0.3, 0.4) is 0 Å². The quantitative estimate of drug-likeness (QED) is 0.728. The van der Waals surface area contributed by atoms with Gasteiger partial charge in [0.15, 0.2) is 0 Å². The number of nitrogens with zero attached hydrogens (tertiary/aromatic N) is 4. The van der Waals surface area contributed by atoms with Gasteiger partial charge in [0.2, 0.25) is 0 Å². The second kappa shape index (κ2) is 8.76. The third-order valence-corrected chi connectivity index (χ3v) is 5.90. The lowest BCUT2D eigenvalue weighted by atomic mass is 10.0. The summed E-state index contributed by atoms with van der Waals surface area (Å²) in [5, 5.41) is 0.735. The van der Waals surface area contributed by atoms with E-state index in [0.717, 1.165) is 73.4 Å². The highest BCUT2D eigenvalue weighted by Gasteiger charge is 2.33. The predicted octanol–water partition coefficient (Wildman–Crippen LogP) is 4.73. The van der Waals surface area contributed by atoms with Crippen LogP contribution in [0.2, 0.25) is 5.02 Å². The van der Waals surface area contributed by atoms with Crippen molar-refractivity contribution in [2.75, 3.05) is 39.8 Å². The largest absolute Gasteiger partial charge is 0.329 e. The molecule has 2 atom stereocenters. The molecule has 2 aliphatic rings. The minimum atomic E-state index is 0.324. The summed E-state index contributed by atoms with van der Waals surface area (Å²) in [6.07, 6.45) is 2.25. The second-order valence-corrected chi connectivity index (χ2v) is 8.43. The van der Waals surface area contributed by atoms with Crippen molar-refractivity contribution < 1.29 is 0 Å². The fraction of sp³-hybridized carbons (Fsp3) is 0.591. The highest BCUT2D eigenvalue weighted by molar-refractivity contribution is 6.31. The number of amidine groups is 1. The number of benzene rings is 1. The fourth-order valence-corrected chi connectivity index (χ4v) is 4.59. The molecule has 2 aliphatic heterocycles. The fourth-order valence-electron chi connectivity index (χ4n) is 4.41. The van der Waals surface area contributed by atoms with Crippen LogP contribution in [0, 0.1) is 5.92 Å². The highest BCUT2D eigenvalue weighted by atomic mass is 35.5. The van der Waals surface area contributed by atoms with Crippen LogP contribution < -0.4 is 0 Å².